The smallest absolute Gasteiger partial charge is 0.493 e. The SMILES string of the molecule is Cc1oc(=O)oc1COC(=O)CC1Cc2ccc(OCCc3cn4c(n3)NCCN4)cc2CN(CC(F)(F)F)C1=O. The molecule has 2 N–H and O–H groups in total. The number of rotatable bonds is 9. The summed E-state index contributed by atoms with van der Waals surface area (Å²) in [6, 6.07) is 5.00. The number of fused-ring (bicyclic) bond motifs is 2. The number of amides is 1. The van der Waals surface area contributed by atoms with Crippen LogP contribution in [0.15, 0.2) is 38.0 Å². The lowest BCUT2D eigenvalue weighted by atomic mass is 9.94. The Morgan fingerprint density at radius 1 is 1.20 bits per heavy atom. The molecule has 2 aromatic heterocycles. The van der Waals surface area contributed by atoms with E-state index in [0.717, 1.165) is 18.8 Å². The molecule has 5 rings (SSSR count). The van der Waals surface area contributed by atoms with Crippen LogP contribution < -0.4 is 21.3 Å². The maximum Gasteiger partial charge on any atom is 0.519 e. The minimum atomic E-state index is -4.64. The summed E-state index contributed by atoms with van der Waals surface area (Å²) in [5, 5.41) is 3.18. The maximum absolute atomic E-state index is 13.4. The zero-order valence-corrected chi connectivity index (χ0v) is 22.1. The summed E-state index contributed by atoms with van der Waals surface area (Å²) in [7, 11) is 0. The fourth-order valence-electron chi connectivity index (χ4n) is 4.77. The summed E-state index contributed by atoms with van der Waals surface area (Å²) in [6.45, 7) is 1.11. The molecule has 1 amide bonds. The van der Waals surface area contributed by atoms with E-state index < -0.39 is 49.4 Å². The molecule has 220 valence electrons. The first kappa shape index (κ1) is 28.1. The Hall–Kier alpha value is -4.43. The van der Waals surface area contributed by atoms with E-state index in [-0.39, 0.29) is 31.1 Å². The Labute approximate surface area is 231 Å². The van der Waals surface area contributed by atoms with Gasteiger partial charge in [0.2, 0.25) is 11.9 Å². The van der Waals surface area contributed by atoms with Crippen molar-refractivity contribution < 1.29 is 41.1 Å². The molecule has 41 heavy (non-hydrogen) atoms. The predicted octanol–water partition coefficient (Wildman–Crippen LogP) is 2.52. The van der Waals surface area contributed by atoms with Gasteiger partial charge in [-0.2, -0.15) is 13.2 Å². The summed E-state index contributed by atoms with van der Waals surface area (Å²) in [6.07, 6.45) is -2.68. The largest absolute Gasteiger partial charge is 0.519 e. The second-order valence-electron chi connectivity index (χ2n) is 9.80. The van der Waals surface area contributed by atoms with Gasteiger partial charge in [0.1, 0.15) is 12.3 Å². The van der Waals surface area contributed by atoms with E-state index in [2.05, 4.69) is 15.7 Å². The third kappa shape index (κ3) is 7.02. The molecule has 0 radical (unpaired) electrons. The van der Waals surface area contributed by atoms with Crippen molar-refractivity contribution in [2.24, 2.45) is 5.92 Å². The third-order valence-corrected chi connectivity index (χ3v) is 6.72. The van der Waals surface area contributed by atoms with Gasteiger partial charge in [0.25, 0.3) is 0 Å². The summed E-state index contributed by atoms with van der Waals surface area (Å²) < 4.78 is 62.4. The number of ether oxygens (including phenoxy) is 2. The van der Waals surface area contributed by atoms with Gasteiger partial charge in [-0.3, -0.25) is 9.59 Å². The molecule has 3 aromatic rings. The number of imidazole rings is 1. The van der Waals surface area contributed by atoms with Crippen LogP contribution in [0.25, 0.3) is 0 Å². The molecule has 2 aliphatic rings. The Morgan fingerprint density at radius 3 is 2.76 bits per heavy atom. The van der Waals surface area contributed by atoms with Crippen LogP contribution in [0.4, 0.5) is 19.1 Å². The summed E-state index contributed by atoms with van der Waals surface area (Å²) in [4.78, 5) is 42.0. The van der Waals surface area contributed by atoms with Gasteiger partial charge >= 0.3 is 18.0 Å². The molecule has 0 aliphatic carbocycles. The van der Waals surface area contributed by atoms with Crippen LogP contribution in [0.1, 0.15) is 34.8 Å². The van der Waals surface area contributed by atoms with Gasteiger partial charge in [0.05, 0.1) is 30.8 Å². The molecule has 1 atom stereocenters. The van der Waals surface area contributed by atoms with E-state index in [9.17, 15) is 27.6 Å². The number of hydrogen-bond acceptors (Lipinski definition) is 10. The number of carbonyl (C=O) groups is 2. The molecule has 2 aliphatic heterocycles. The van der Waals surface area contributed by atoms with E-state index in [1.807, 2.05) is 6.20 Å². The van der Waals surface area contributed by atoms with E-state index in [1.165, 1.54) is 6.92 Å². The van der Waals surface area contributed by atoms with Crippen LogP contribution in [-0.2, 0) is 40.3 Å². The third-order valence-electron chi connectivity index (χ3n) is 6.72. The van der Waals surface area contributed by atoms with Crippen LogP contribution >= 0.6 is 0 Å². The van der Waals surface area contributed by atoms with Crippen LogP contribution in [0.2, 0.25) is 0 Å². The number of nitrogens with zero attached hydrogens (tertiary/aromatic N) is 3. The second kappa shape index (κ2) is 11.6. The second-order valence-corrected chi connectivity index (χ2v) is 9.80. The van der Waals surface area contributed by atoms with E-state index in [0.29, 0.717) is 34.1 Å². The number of alkyl halides is 3. The number of aryl methyl sites for hydroxylation is 1. The van der Waals surface area contributed by atoms with Gasteiger partial charge in [-0.15, -0.1) is 0 Å². The van der Waals surface area contributed by atoms with Gasteiger partial charge in [0.15, 0.2) is 18.1 Å². The molecule has 0 bridgehead atoms. The van der Waals surface area contributed by atoms with Gasteiger partial charge in [-0.05, 0) is 36.6 Å². The van der Waals surface area contributed by atoms with Crippen molar-refractivity contribution >= 4 is 17.8 Å². The first-order chi connectivity index (χ1) is 19.5. The van der Waals surface area contributed by atoms with Gasteiger partial charge < -0.3 is 34.0 Å². The van der Waals surface area contributed by atoms with Crippen molar-refractivity contribution in [3.63, 3.8) is 0 Å². The highest BCUT2D eigenvalue weighted by atomic mass is 19.4. The summed E-state index contributed by atoms with van der Waals surface area (Å²) in [5.41, 5.74) is 5.11. The van der Waals surface area contributed by atoms with Gasteiger partial charge in [-0.1, -0.05) is 6.07 Å². The van der Waals surface area contributed by atoms with E-state index in [4.69, 9.17) is 18.3 Å². The van der Waals surface area contributed by atoms with Crippen molar-refractivity contribution in [2.45, 2.75) is 45.5 Å². The quantitative estimate of drug-likeness (QED) is 0.363. The van der Waals surface area contributed by atoms with Crippen molar-refractivity contribution in [1.82, 2.24) is 14.6 Å². The van der Waals surface area contributed by atoms with Crippen LogP contribution in [0, 0.1) is 12.8 Å². The fraction of sp³-hybridized carbons (Fsp3) is 0.462. The lowest BCUT2D eigenvalue weighted by Gasteiger charge is -2.25. The fourth-order valence-corrected chi connectivity index (χ4v) is 4.77. The molecule has 15 heteroatoms. The Bertz CT molecular complexity index is 1460. The van der Waals surface area contributed by atoms with Crippen molar-refractivity contribution in [3.8, 4) is 5.75 Å². The van der Waals surface area contributed by atoms with E-state index >= 15 is 0 Å². The number of carbonyl (C=O) groups excluding carboxylic acids is 2. The number of benzene rings is 1. The molecule has 1 aromatic carbocycles. The number of hydrogen-bond donors (Lipinski definition) is 2. The minimum absolute atomic E-state index is 0.00737. The molecule has 1 unspecified atom stereocenters. The highest BCUT2D eigenvalue weighted by Gasteiger charge is 2.38. The first-order valence-electron chi connectivity index (χ1n) is 13.0. The summed E-state index contributed by atoms with van der Waals surface area (Å²) >= 11 is 0. The molecule has 12 nitrogen and oxygen atoms in total. The topological polar surface area (TPSA) is 141 Å². The molecule has 0 fully saturated rings. The Balaban J connectivity index is 1.26. The van der Waals surface area contributed by atoms with E-state index in [1.54, 1.807) is 22.9 Å². The predicted molar refractivity (Wildman–Crippen MR) is 136 cm³/mol. The zero-order valence-electron chi connectivity index (χ0n) is 22.1. The standard InChI is InChI=1S/C26H28F3N5O7/c1-15-21(41-25(37)40-15)13-39-22(35)10-17-8-16-2-3-20(9-18(16)11-33(23(17)36)14-26(27,28)29)38-7-4-19-12-34-24(32-19)30-5-6-31-34/h2-3,9,12,17,31H,4-8,10-11,13-14H2,1H3,(H,30,32). The monoisotopic (exact) mass is 579 g/mol. The van der Waals surface area contributed by atoms with Gasteiger partial charge in [0, 0.05) is 26.1 Å². The maximum atomic E-state index is 13.4. The molecule has 0 saturated carbocycles. The van der Waals surface area contributed by atoms with Crippen LogP contribution in [-0.4, -0.2) is 58.9 Å². The highest BCUT2D eigenvalue weighted by molar-refractivity contribution is 5.84. The lowest BCUT2D eigenvalue weighted by molar-refractivity contribution is -0.166. The van der Waals surface area contributed by atoms with Crippen molar-refractivity contribution in [3.05, 3.63) is 63.4 Å². The Kier molecular flexibility index (Phi) is 7.94. The Morgan fingerprint density at radius 2 is 2.02 bits per heavy atom. The molecular weight excluding hydrogens is 551 g/mol. The van der Waals surface area contributed by atoms with Crippen LogP contribution in [0.3, 0.4) is 0 Å². The molecule has 0 spiro atoms. The van der Waals surface area contributed by atoms with Crippen molar-refractivity contribution in [1.29, 1.82) is 0 Å². The average Bonchev–Trinajstić information content (AvgIpc) is 3.44. The zero-order chi connectivity index (χ0) is 29.1. The first-order valence-corrected chi connectivity index (χ1v) is 13.0. The molecule has 4 heterocycles. The van der Waals surface area contributed by atoms with Crippen LogP contribution in [0.5, 0.6) is 5.75 Å². The molecular formula is C26H28F3N5O7. The highest BCUT2D eigenvalue weighted by Crippen LogP contribution is 2.30. The minimum Gasteiger partial charge on any atom is -0.493 e. The average molecular weight is 580 g/mol. The van der Waals surface area contributed by atoms with Crippen molar-refractivity contribution in [2.75, 3.05) is 37.0 Å². The summed E-state index contributed by atoms with van der Waals surface area (Å²) in [5.74, 6) is -2.37. The number of aromatic nitrogens is 2. The number of halogens is 3. The lowest BCUT2D eigenvalue weighted by Crippen LogP contribution is -2.41. The van der Waals surface area contributed by atoms with Gasteiger partial charge in [-0.25, -0.2) is 14.5 Å². The number of nitrogens with one attached hydrogen (secondary N) is 2. The normalized spacial score (nSPS) is 16.7. The number of anilines is 1. The number of esters is 1. The molecule has 0 saturated heterocycles.